The summed E-state index contributed by atoms with van der Waals surface area (Å²) in [4.78, 5) is 96.7. The SMILES string of the molecule is CCCC(NC(=O)C1C[C@@H](SC(C)(C)C)CN1C(=O)C(NC(=O)OCC(C)C)C1CCCCC1)C(=O)C(=O)NCC(=O)NC(C(=O)N(C)C)c1ccccc1. The smallest absolute Gasteiger partial charge is 0.407 e. The van der Waals surface area contributed by atoms with Crippen LogP contribution in [-0.4, -0.2) is 113 Å². The molecule has 1 saturated carbocycles. The summed E-state index contributed by atoms with van der Waals surface area (Å²) in [7, 11) is 3.13. The molecule has 5 atom stereocenters. The number of nitrogens with one attached hydrogen (secondary N) is 4. The monoisotopic (exact) mass is 786 g/mol. The van der Waals surface area contributed by atoms with Crippen LogP contribution in [0.2, 0.25) is 0 Å². The topological polar surface area (TPSA) is 183 Å². The van der Waals surface area contributed by atoms with Crippen LogP contribution >= 0.6 is 11.8 Å². The van der Waals surface area contributed by atoms with Crippen molar-refractivity contribution in [2.24, 2.45) is 11.8 Å². The van der Waals surface area contributed by atoms with E-state index in [0.29, 0.717) is 18.4 Å². The van der Waals surface area contributed by atoms with Crippen molar-refractivity contribution in [2.75, 3.05) is 33.8 Å². The summed E-state index contributed by atoms with van der Waals surface area (Å²) in [5.41, 5.74) is 0.553. The maximum Gasteiger partial charge on any atom is 0.407 e. The number of carbonyl (C=O) groups excluding carboxylic acids is 7. The Hall–Kier alpha value is -4.14. The van der Waals surface area contributed by atoms with E-state index in [4.69, 9.17) is 4.74 Å². The molecule has 1 saturated heterocycles. The Morgan fingerprint density at radius 2 is 1.60 bits per heavy atom. The first-order valence-electron chi connectivity index (χ1n) is 19.5. The van der Waals surface area contributed by atoms with Gasteiger partial charge < -0.3 is 35.8 Å². The number of ether oxygens (including phenoxy) is 1. The zero-order valence-corrected chi connectivity index (χ0v) is 34.6. The largest absolute Gasteiger partial charge is 0.449 e. The molecule has 4 N–H and O–H groups in total. The number of hydrogen-bond donors (Lipinski definition) is 4. The fourth-order valence-corrected chi connectivity index (χ4v) is 8.46. The van der Waals surface area contributed by atoms with Crippen LogP contribution in [-0.2, 0) is 33.5 Å². The molecule has 15 heteroatoms. The highest BCUT2D eigenvalue weighted by atomic mass is 32.2. The third-order valence-electron chi connectivity index (χ3n) is 9.55. The number of Topliss-reactive ketones (excluding diaryl/α,β-unsaturated/α-hetero) is 1. The van der Waals surface area contributed by atoms with Gasteiger partial charge in [-0.3, -0.25) is 28.8 Å². The van der Waals surface area contributed by atoms with Gasteiger partial charge in [0.25, 0.3) is 5.91 Å². The molecule has 2 aliphatic rings. The maximum atomic E-state index is 14.5. The van der Waals surface area contributed by atoms with E-state index in [2.05, 4.69) is 42.0 Å². The Morgan fingerprint density at radius 3 is 2.18 bits per heavy atom. The van der Waals surface area contributed by atoms with Gasteiger partial charge >= 0.3 is 6.09 Å². The van der Waals surface area contributed by atoms with E-state index in [1.54, 1.807) is 56.2 Å². The Labute approximate surface area is 330 Å². The Balaban J connectivity index is 1.76. The molecule has 14 nitrogen and oxygen atoms in total. The Morgan fingerprint density at radius 1 is 0.945 bits per heavy atom. The Bertz CT molecular complexity index is 1490. The summed E-state index contributed by atoms with van der Waals surface area (Å²) in [5.74, 6) is -4.00. The molecule has 1 aromatic carbocycles. The second kappa shape index (κ2) is 21.2. The minimum atomic E-state index is -1.21. The molecule has 0 radical (unpaired) electrons. The lowest BCUT2D eigenvalue weighted by molar-refractivity contribution is -0.143. The van der Waals surface area contributed by atoms with E-state index in [0.717, 1.165) is 32.1 Å². The van der Waals surface area contributed by atoms with E-state index in [9.17, 15) is 33.6 Å². The molecular formula is C40H62N6O8S. The average molecular weight is 787 g/mol. The molecule has 6 amide bonds. The van der Waals surface area contributed by atoms with Crippen LogP contribution in [0.4, 0.5) is 4.79 Å². The van der Waals surface area contributed by atoms with E-state index in [1.807, 2.05) is 20.8 Å². The summed E-state index contributed by atoms with van der Waals surface area (Å²) in [6.07, 6.45) is 4.66. The maximum absolute atomic E-state index is 14.5. The summed E-state index contributed by atoms with van der Waals surface area (Å²) in [5, 5.41) is 10.5. The van der Waals surface area contributed by atoms with Gasteiger partial charge in [-0.2, -0.15) is 11.8 Å². The Kier molecular flexibility index (Phi) is 17.5. The minimum absolute atomic E-state index is 0.0965. The van der Waals surface area contributed by atoms with Gasteiger partial charge in [0.1, 0.15) is 18.1 Å². The summed E-state index contributed by atoms with van der Waals surface area (Å²) in [6.45, 7) is 11.7. The highest BCUT2D eigenvalue weighted by Gasteiger charge is 2.46. The molecule has 2 fully saturated rings. The quantitative estimate of drug-likeness (QED) is 0.171. The number of likely N-dealkylation sites (tertiary alicyclic amines) is 1. The standard InChI is InChI=1S/C40H62N6O8S/c1-9-16-29(34(48)36(50)41-22-31(47)43-32(37(51)45(7)8)26-17-12-10-13-18-26)42-35(49)30-21-28(55-40(4,5)6)23-46(30)38(52)33(27-19-14-11-15-20-27)44-39(53)54-24-25(2)3/h10,12-13,17-18,25,27-30,32-33H,9,11,14-16,19-24H2,1-8H3,(H,41,50)(H,42,49)(H,43,47)(H,44,53)/t28-,29?,30?,32?,33?/m1/s1. The van der Waals surface area contributed by atoms with Crippen molar-refractivity contribution in [2.45, 2.75) is 127 Å². The van der Waals surface area contributed by atoms with Gasteiger partial charge in [0, 0.05) is 30.6 Å². The van der Waals surface area contributed by atoms with E-state index in [-0.39, 0.29) is 53.2 Å². The van der Waals surface area contributed by atoms with Crippen LogP contribution < -0.4 is 21.3 Å². The number of hydrogen-bond acceptors (Lipinski definition) is 9. The fourth-order valence-electron chi connectivity index (χ4n) is 6.95. The lowest BCUT2D eigenvalue weighted by Crippen LogP contribution is -2.58. The number of carbonyl (C=O) groups is 7. The van der Waals surface area contributed by atoms with Gasteiger partial charge in [-0.1, -0.05) is 97.6 Å². The predicted octanol–water partition coefficient (Wildman–Crippen LogP) is 3.73. The van der Waals surface area contributed by atoms with Gasteiger partial charge in [-0.25, -0.2) is 4.79 Å². The highest BCUT2D eigenvalue weighted by Crippen LogP contribution is 2.37. The third-order valence-corrected chi connectivity index (χ3v) is 10.9. The molecule has 1 aliphatic heterocycles. The van der Waals surface area contributed by atoms with Crippen molar-refractivity contribution in [3.63, 3.8) is 0 Å². The molecular weight excluding hydrogens is 725 g/mol. The molecule has 55 heavy (non-hydrogen) atoms. The van der Waals surface area contributed by atoms with Gasteiger partial charge in [-0.15, -0.1) is 0 Å². The first kappa shape index (κ1) is 45.3. The van der Waals surface area contributed by atoms with Crippen molar-refractivity contribution in [3.05, 3.63) is 35.9 Å². The molecule has 4 unspecified atom stereocenters. The molecule has 306 valence electrons. The number of alkyl carbamates (subject to hydrolysis) is 1. The van der Waals surface area contributed by atoms with Crippen LogP contribution in [0, 0.1) is 11.8 Å². The van der Waals surface area contributed by atoms with E-state index < -0.39 is 60.3 Å². The minimum Gasteiger partial charge on any atom is -0.449 e. The molecule has 1 heterocycles. The van der Waals surface area contributed by atoms with Crippen LogP contribution in [0.5, 0.6) is 0 Å². The number of thioether (sulfide) groups is 1. The first-order valence-corrected chi connectivity index (χ1v) is 20.4. The van der Waals surface area contributed by atoms with Crippen LogP contribution in [0.3, 0.4) is 0 Å². The number of benzene rings is 1. The van der Waals surface area contributed by atoms with Crippen molar-refractivity contribution < 1.29 is 38.3 Å². The van der Waals surface area contributed by atoms with Crippen molar-refractivity contribution in [1.29, 1.82) is 0 Å². The number of likely N-dealkylation sites (N-methyl/N-ethyl adjacent to an activating group) is 1. The summed E-state index contributed by atoms with van der Waals surface area (Å²) < 4.78 is 5.23. The van der Waals surface area contributed by atoms with Gasteiger partial charge in [-0.05, 0) is 43.1 Å². The molecule has 1 aromatic rings. The number of nitrogens with zero attached hydrogens (tertiary/aromatic N) is 2. The van der Waals surface area contributed by atoms with Crippen molar-refractivity contribution >= 4 is 53.2 Å². The van der Waals surface area contributed by atoms with Gasteiger partial charge in [0.05, 0.1) is 19.2 Å². The zero-order valence-electron chi connectivity index (χ0n) is 33.8. The second-order valence-electron chi connectivity index (χ2n) is 16.1. The number of ketones is 1. The molecule has 1 aliphatic carbocycles. The van der Waals surface area contributed by atoms with Crippen LogP contribution in [0.1, 0.15) is 105 Å². The van der Waals surface area contributed by atoms with Crippen molar-refractivity contribution in [1.82, 2.24) is 31.1 Å². The predicted molar refractivity (Wildman–Crippen MR) is 212 cm³/mol. The lowest BCUT2D eigenvalue weighted by Gasteiger charge is -2.34. The molecule has 3 rings (SSSR count). The third kappa shape index (κ3) is 14.1. The van der Waals surface area contributed by atoms with Crippen LogP contribution in [0.15, 0.2) is 30.3 Å². The zero-order chi connectivity index (χ0) is 40.9. The fraction of sp³-hybridized carbons (Fsp3) is 0.675. The summed E-state index contributed by atoms with van der Waals surface area (Å²) >= 11 is 1.66. The second-order valence-corrected chi connectivity index (χ2v) is 18.3. The molecule has 0 spiro atoms. The average Bonchev–Trinajstić information content (AvgIpc) is 3.56. The molecule has 0 bridgehead atoms. The summed E-state index contributed by atoms with van der Waals surface area (Å²) in [6, 6.07) is 4.61. The first-order chi connectivity index (χ1) is 25.9. The lowest BCUT2D eigenvalue weighted by atomic mass is 9.83. The highest BCUT2D eigenvalue weighted by molar-refractivity contribution is 8.01. The number of amides is 6. The normalized spacial score (nSPS) is 19.1. The van der Waals surface area contributed by atoms with E-state index >= 15 is 0 Å². The van der Waals surface area contributed by atoms with Crippen LogP contribution in [0.25, 0.3) is 0 Å². The van der Waals surface area contributed by atoms with E-state index in [1.165, 1.54) is 9.80 Å². The molecule has 0 aromatic heterocycles. The van der Waals surface area contributed by atoms with Gasteiger partial charge in [0.15, 0.2) is 0 Å². The number of rotatable bonds is 17. The van der Waals surface area contributed by atoms with Gasteiger partial charge in [0.2, 0.25) is 29.4 Å². The van der Waals surface area contributed by atoms with Crippen molar-refractivity contribution in [3.8, 4) is 0 Å².